The summed E-state index contributed by atoms with van der Waals surface area (Å²) >= 11 is 0.487. The summed E-state index contributed by atoms with van der Waals surface area (Å²) in [5.41, 5.74) is 5.38. The molecular formula is C26H32OSe. The van der Waals surface area contributed by atoms with Gasteiger partial charge in [0.15, 0.2) is 0 Å². The molecule has 0 spiro atoms. The molecule has 0 saturated carbocycles. The van der Waals surface area contributed by atoms with Crippen molar-refractivity contribution in [3.8, 4) is 0 Å². The molecular weight excluding hydrogens is 407 g/mol. The van der Waals surface area contributed by atoms with Crippen LogP contribution in [0.5, 0.6) is 0 Å². The van der Waals surface area contributed by atoms with Crippen molar-refractivity contribution >= 4 is 25.7 Å². The number of benzene rings is 1. The maximum atomic E-state index is 10.5. The Kier molecular flexibility index (Phi) is 8.48. The van der Waals surface area contributed by atoms with E-state index < -0.39 is 0 Å². The predicted octanol–water partition coefficient (Wildman–Crippen LogP) is 6.15. The van der Waals surface area contributed by atoms with Gasteiger partial charge < -0.3 is 0 Å². The molecule has 148 valence electrons. The van der Waals surface area contributed by atoms with E-state index in [2.05, 4.69) is 76.3 Å². The van der Waals surface area contributed by atoms with Crippen molar-refractivity contribution < 1.29 is 4.79 Å². The van der Waals surface area contributed by atoms with Gasteiger partial charge in [-0.3, -0.25) is 4.79 Å². The molecule has 0 fully saturated rings. The third-order valence-electron chi connectivity index (χ3n) is 5.32. The van der Waals surface area contributed by atoms with E-state index in [1.807, 2.05) is 19.1 Å². The van der Waals surface area contributed by atoms with Crippen LogP contribution >= 0.6 is 0 Å². The zero-order valence-corrected chi connectivity index (χ0v) is 19.4. The van der Waals surface area contributed by atoms with Crippen LogP contribution in [0.3, 0.4) is 0 Å². The molecule has 1 aromatic carbocycles. The third kappa shape index (κ3) is 6.33. The number of hydrogen-bond acceptors (Lipinski definition) is 1. The third-order valence-corrected chi connectivity index (χ3v) is 8.79. The van der Waals surface area contributed by atoms with E-state index in [1.165, 1.54) is 34.0 Å². The summed E-state index contributed by atoms with van der Waals surface area (Å²) in [5.74, 6) is 0. The predicted molar refractivity (Wildman–Crippen MR) is 123 cm³/mol. The molecule has 0 N–H and O–H groups in total. The first kappa shape index (κ1) is 22.4. The SMILES string of the molecule is CC1=C(/C=C/C(C)=C/C=C/C(C)=C/C=O)C(C)(C)C([Se]c2ccccc2)CC1. The van der Waals surface area contributed by atoms with E-state index >= 15 is 0 Å². The van der Waals surface area contributed by atoms with Crippen molar-refractivity contribution in [1.82, 2.24) is 0 Å². The topological polar surface area (TPSA) is 17.1 Å². The summed E-state index contributed by atoms with van der Waals surface area (Å²) in [7, 11) is 0. The van der Waals surface area contributed by atoms with Gasteiger partial charge in [0, 0.05) is 0 Å². The Balaban J connectivity index is 2.15. The molecule has 0 saturated heterocycles. The van der Waals surface area contributed by atoms with Crippen LogP contribution in [-0.4, -0.2) is 21.2 Å². The van der Waals surface area contributed by atoms with Gasteiger partial charge in [-0.05, 0) is 0 Å². The van der Waals surface area contributed by atoms with Crippen LogP contribution in [0, 0.1) is 5.41 Å². The fourth-order valence-electron chi connectivity index (χ4n) is 3.58. The maximum absolute atomic E-state index is 10.5. The Morgan fingerprint density at radius 1 is 1.07 bits per heavy atom. The molecule has 0 aliphatic heterocycles. The molecule has 0 bridgehead atoms. The van der Waals surface area contributed by atoms with Crippen LogP contribution in [0.15, 0.2) is 89.1 Å². The van der Waals surface area contributed by atoms with Crippen LogP contribution in [0.2, 0.25) is 4.82 Å². The van der Waals surface area contributed by atoms with Crippen LogP contribution < -0.4 is 4.46 Å². The molecule has 28 heavy (non-hydrogen) atoms. The molecule has 1 aromatic rings. The number of rotatable bonds is 7. The Hall–Kier alpha value is -1.89. The van der Waals surface area contributed by atoms with Crippen LogP contribution in [0.25, 0.3) is 0 Å². The standard InChI is InChI=1S/C26H32OSe/c1-20(10-9-11-21(2)18-19-27)14-16-24-22(3)15-17-25(26(24,4)5)28-23-12-7-6-8-13-23/h6-14,16,18-19,25H,15,17H2,1-5H3/b11-9+,16-14+,20-10+,21-18+. The Morgan fingerprint density at radius 3 is 2.43 bits per heavy atom. The fraction of sp³-hybridized carbons (Fsp3) is 0.346. The zero-order chi connectivity index (χ0) is 20.6. The Labute approximate surface area is 177 Å². The fourth-order valence-corrected chi connectivity index (χ4v) is 6.31. The summed E-state index contributed by atoms with van der Waals surface area (Å²) < 4.78 is 1.50. The Morgan fingerprint density at radius 2 is 1.75 bits per heavy atom. The van der Waals surface area contributed by atoms with Gasteiger partial charge in [-0.2, -0.15) is 0 Å². The first-order valence-corrected chi connectivity index (χ1v) is 11.8. The summed E-state index contributed by atoms with van der Waals surface area (Å²) in [6, 6.07) is 11.0. The van der Waals surface area contributed by atoms with E-state index in [0.717, 1.165) is 11.9 Å². The second-order valence-electron chi connectivity index (χ2n) is 8.02. The second-order valence-corrected chi connectivity index (χ2v) is 10.7. The summed E-state index contributed by atoms with van der Waals surface area (Å²) in [6.07, 6.45) is 15.5. The minimum atomic E-state index is 0.189. The van der Waals surface area contributed by atoms with Gasteiger partial charge in [-0.25, -0.2) is 0 Å². The van der Waals surface area contributed by atoms with Gasteiger partial charge in [0.25, 0.3) is 0 Å². The normalized spacial score (nSPS) is 21.0. The van der Waals surface area contributed by atoms with Gasteiger partial charge in [0.2, 0.25) is 0 Å². The van der Waals surface area contributed by atoms with E-state index in [4.69, 9.17) is 0 Å². The number of carbonyl (C=O) groups is 1. The number of aldehydes is 1. The van der Waals surface area contributed by atoms with Crippen molar-refractivity contribution in [1.29, 1.82) is 0 Å². The first-order valence-electron chi connectivity index (χ1n) is 9.91. The van der Waals surface area contributed by atoms with Crippen molar-refractivity contribution in [2.24, 2.45) is 5.41 Å². The molecule has 1 unspecified atom stereocenters. The molecule has 2 rings (SSSR count). The van der Waals surface area contributed by atoms with E-state index in [0.29, 0.717) is 19.8 Å². The molecule has 1 aliphatic rings. The van der Waals surface area contributed by atoms with E-state index in [-0.39, 0.29) is 5.41 Å². The second kappa shape index (κ2) is 10.6. The number of carbonyl (C=O) groups excluding carboxylic acids is 1. The van der Waals surface area contributed by atoms with Crippen LogP contribution in [-0.2, 0) is 4.79 Å². The monoisotopic (exact) mass is 440 g/mol. The minimum absolute atomic E-state index is 0.189. The van der Waals surface area contributed by atoms with Crippen molar-refractivity contribution in [2.75, 3.05) is 0 Å². The van der Waals surface area contributed by atoms with Crippen molar-refractivity contribution in [2.45, 2.75) is 52.3 Å². The molecule has 2 heteroatoms. The molecule has 0 heterocycles. The van der Waals surface area contributed by atoms with Gasteiger partial charge in [0.1, 0.15) is 0 Å². The quantitative estimate of drug-likeness (QED) is 0.216. The molecule has 0 radical (unpaired) electrons. The van der Waals surface area contributed by atoms with Crippen LogP contribution in [0.1, 0.15) is 47.5 Å². The average Bonchev–Trinajstić information content (AvgIpc) is 2.65. The van der Waals surface area contributed by atoms with E-state index in [1.54, 1.807) is 6.08 Å². The Bertz CT molecular complexity index is 819. The molecule has 1 atom stereocenters. The molecule has 0 aromatic heterocycles. The van der Waals surface area contributed by atoms with Crippen molar-refractivity contribution in [3.63, 3.8) is 0 Å². The first-order chi connectivity index (χ1) is 13.3. The van der Waals surface area contributed by atoms with Gasteiger partial charge in [-0.15, -0.1) is 0 Å². The number of hydrogen-bond donors (Lipinski definition) is 0. The number of allylic oxidation sites excluding steroid dienone is 10. The zero-order valence-electron chi connectivity index (χ0n) is 17.7. The van der Waals surface area contributed by atoms with Gasteiger partial charge >= 0.3 is 172 Å². The molecule has 0 amide bonds. The van der Waals surface area contributed by atoms with Crippen LogP contribution in [0.4, 0.5) is 0 Å². The molecule has 1 aliphatic carbocycles. The van der Waals surface area contributed by atoms with Crippen molar-refractivity contribution in [3.05, 3.63) is 89.1 Å². The average molecular weight is 440 g/mol. The summed E-state index contributed by atoms with van der Waals surface area (Å²) in [5, 5.41) is 0. The van der Waals surface area contributed by atoms with E-state index in [9.17, 15) is 4.79 Å². The van der Waals surface area contributed by atoms with Gasteiger partial charge in [-0.1, -0.05) is 0 Å². The summed E-state index contributed by atoms with van der Waals surface area (Å²) in [6.45, 7) is 11.2. The molecule has 1 nitrogen and oxygen atoms in total. The van der Waals surface area contributed by atoms with Gasteiger partial charge in [0.05, 0.1) is 0 Å². The summed E-state index contributed by atoms with van der Waals surface area (Å²) in [4.78, 5) is 11.2.